The van der Waals surface area contributed by atoms with Gasteiger partial charge in [-0.15, -0.1) is 0 Å². The highest BCUT2D eigenvalue weighted by atomic mass is 16.6. The second kappa shape index (κ2) is 7.27. The van der Waals surface area contributed by atoms with Crippen LogP contribution in [0.5, 0.6) is 0 Å². The van der Waals surface area contributed by atoms with E-state index in [1.54, 1.807) is 4.90 Å². The van der Waals surface area contributed by atoms with Crippen LogP contribution in [0.1, 0.15) is 16.8 Å². The van der Waals surface area contributed by atoms with Crippen molar-refractivity contribution in [3.8, 4) is 11.1 Å². The number of benzene rings is 2. The summed E-state index contributed by atoms with van der Waals surface area (Å²) in [7, 11) is 1.48. The molecular weight excluding hydrogens is 304 g/mol. The predicted octanol–water partition coefficient (Wildman–Crippen LogP) is 2.56. The minimum absolute atomic E-state index is 0.0867. The summed E-state index contributed by atoms with van der Waals surface area (Å²) < 4.78 is 0. The number of oxime groups is 1. The monoisotopic (exact) mass is 324 g/mol. The molecule has 0 radical (unpaired) electrons. The molecule has 2 aromatic rings. The molecule has 0 spiro atoms. The van der Waals surface area contributed by atoms with Crippen molar-refractivity contribution in [1.29, 1.82) is 0 Å². The molecule has 124 valence electrons. The van der Waals surface area contributed by atoms with Gasteiger partial charge in [0.05, 0.1) is 24.9 Å². The molecule has 0 aromatic heterocycles. The maximum Gasteiger partial charge on any atom is 0.254 e. The Balaban J connectivity index is 1.79. The Bertz CT molecular complexity index is 726. The average molecular weight is 324 g/mol. The number of aliphatic hydroxyl groups is 1. The molecule has 0 bridgehead atoms. The van der Waals surface area contributed by atoms with Gasteiger partial charge >= 0.3 is 0 Å². The van der Waals surface area contributed by atoms with Crippen LogP contribution in [0, 0.1) is 0 Å². The van der Waals surface area contributed by atoms with Gasteiger partial charge in [-0.25, -0.2) is 0 Å². The third-order valence-electron chi connectivity index (χ3n) is 4.20. The van der Waals surface area contributed by atoms with E-state index in [0.29, 0.717) is 18.5 Å². The van der Waals surface area contributed by atoms with Crippen molar-refractivity contribution in [3.05, 3.63) is 60.2 Å². The van der Waals surface area contributed by atoms with Crippen LogP contribution in [-0.4, -0.2) is 47.9 Å². The van der Waals surface area contributed by atoms with Crippen molar-refractivity contribution in [1.82, 2.24) is 4.90 Å². The maximum atomic E-state index is 12.7. The van der Waals surface area contributed by atoms with E-state index in [0.717, 1.165) is 16.8 Å². The molecule has 0 saturated carbocycles. The van der Waals surface area contributed by atoms with E-state index in [-0.39, 0.29) is 18.6 Å². The molecule has 5 nitrogen and oxygen atoms in total. The van der Waals surface area contributed by atoms with Crippen LogP contribution in [-0.2, 0) is 4.84 Å². The predicted molar refractivity (Wildman–Crippen MR) is 92.8 cm³/mol. The molecule has 1 aliphatic heterocycles. The molecule has 0 unspecified atom stereocenters. The fourth-order valence-corrected chi connectivity index (χ4v) is 2.97. The number of amides is 1. The molecule has 1 heterocycles. The Kier molecular flexibility index (Phi) is 4.91. The van der Waals surface area contributed by atoms with E-state index in [4.69, 9.17) is 4.84 Å². The van der Waals surface area contributed by atoms with Gasteiger partial charge in [-0.1, -0.05) is 47.6 Å². The highest BCUT2D eigenvalue weighted by molar-refractivity contribution is 6.00. The summed E-state index contributed by atoms with van der Waals surface area (Å²) in [6.07, 6.45) is 0.540. The van der Waals surface area contributed by atoms with Crippen LogP contribution in [0.15, 0.2) is 59.8 Å². The Labute approximate surface area is 141 Å². The molecule has 0 aliphatic carbocycles. The Morgan fingerprint density at radius 2 is 1.83 bits per heavy atom. The van der Waals surface area contributed by atoms with Gasteiger partial charge in [0.15, 0.2) is 0 Å². The Morgan fingerprint density at radius 1 is 1.17 bits per heavy atom. The SMILES string of the molecule is CO/N=C1\C[C@@H](CO)N(C(=O)c2ccc(-c3ccccc3)cc2)C1. The minimum Gasteiger partial charge on any atom is -0.399 e. The van der Waals surface area contributed by atoms with E-state index in [2.05, 4.69) is 5.16 Å². The van der Waals surface area contributed by atoms with Crippen LogP contribution in [0.4, 0.5) is 0 Å². The van der Waals surface area contributed by atoms with Crippen LogP contribution >= 0.6 is 0 Å². The van der Waals surface area contributed by atoms with Gasteiger partial charge in [0.1, 0.15) is 7.11 Å². The summed E-state index contributed by atoms with van der Waals surface area (Å²) in [5.74, 6) is -0.102. The van der Waals surface area contributed by atoms with Crippen molar-refractivity contribution in [2.45, 2.75) is 12.5 Å². The van der Waals surface area contributed by atoms with Crippen molar-refractivity contribution >= 4 is 11.6 Å². The first-order chi connectivity index (χ1) is 11.7. The summed E-state index contributed by atoms with van der Waals surface area (Å²) >= 11 is 0. The number of rotatable bonds is 4. The molecule has 3 rings (SSSR count). The number of hydrogen-bond donors (Lipinski definition) is 1. The number of likely N-dealkylation sites (tertiary alicyclic amines) is 1. The summed E-state index contributed by atoms with van der Waals surface area (Å²) in [5, 5.41) is 13.4. The zero-order valence-corrected chi connectivity index (χ0v) is 13.6. The molecule has 1 atom stereocenters. The molecule has 1 amide bonds. The second-order valence-corrected chi connectivity index (χ2v) is 5.76. The zero-order valence-electron chi connectivity index (χ0n) is 13.6. The lowest BCUT2D eigenvalue weighted by Crippen LogP contribution is -2.37. The molecule has 5 heteroatoms. The van der Waals surface area contributed by atoms with Gasteiger partial charge in [-0.3, -0.25) is 4.79 Å². The molecule has 2 aromatic carbocycles. The number of nitrogens with zero attached hydrogens (tertiary/aromatic N) is 2. The van der Waals surface area contributed by atoms with Crippen molar-refractivity contribution in [3.63, 3.8) is 0 Å². The third-order valence-corrected chi connectivity index (χ3v) is 4.20. The zero-order chi connectivity index (χ0) is 16.9. The van der Waals surface area contributed by atoms with E-state index in [1.165, 1.54) is 7.11 Å². The Hall–Kier alpha value is -2.66. The molecule has 24 heavy (non-hydrogen) atoms. The summed E-state index contributed by atoms with van der Waals surface area (Å²) in [6, 6.07) is 17.3. The maximum absolute atomic E-state index is 12.7. The first-order valence-electron chi connectivity index (χ1n) is 7.89. The minimum atomic E-state index is -0.250. The summed E-state index contributed by atoms with van der Waals surface area (Å²) in [6.45, 7) is 0.301. The van der Waals surface area contributed by atoms with Gasteiger partial charge in [0.2, 0.25) is 0 Å². The summed E-state index contributed by atoms with van der Waals surface area (Å²) in [4.78, 5) is 19.2. The van der Waals surface area contributed by atoms with Crippen molar-refractivity contribution in [2.24, 2.45) is 5.16 Å². The lowest BCUT2D eigenvalue weighted by Gasteiger charge is -2.22. The quantitative estimate of drug-likeness (QED) is 0.879. The number of aliphatic hydroxyl groups excluding tert-OH is 1. The first kappa shape index (κ1) is 16.2. The average Bonchev–Trinajstić information content (AvgIpc) is 3.05. The fraction of sp³-hybridized carbons (Fsp3) is 0.263. The van der Waals surface area contributed by atoms with Gasteiger partial charge in [0, 0.05) is 12.0 Å². The van der Waals surface area contributed by atoms with Crippen LogP contribution in [0.3, 0.4) is 0 Å². The standard InChI is InChI=1S/C19H20N2O3/c1-24-20-17-11-18(13-22)21(12-17)19(23)16-9-7-15(8-10-16)14-5-3-2-4-6-14/h2-10,18,22H,11-13H2,1H3/b20-17+/t18-/m0/s1. The first-order valence-corrected chi connectivity index (χ1v) is 7.89. The van der Waals surface area contributed by atoms with Crippen LogP contribution < -0.4 is 0 Å². The lowest BCUT2D eigenvalue weighted by molar-refractivity contribution is 0.0680. The number of carbonyl (C=O) groups excluding carboxylic acids is 1. The number of carbonyl (C=O) groups is 1. The van der Waals surface area contributed by atoms with Gasteiger partial charge in [0.25, 0.3) is 5.91 Å². The van der Waals surface area contributed by atoms with Crippen molar-refractivity contribution in [2.75, 3.05) is 20.3 Å². The van der Waals surface area contributed by atoms with Crippen molar-refractivity contribution < 1.29 is 14.7 Å². The van der Waals surface area contributed by atoms with E-state index >= 15 is 0 Å². The fourth-order valence-electron chi connectivity index (χ4n) is 2.97. The van der Waals surface area contributed by atoms with Gasteiger partial charge < -0.3 is 14.8 Å². The molecule has 1 N–H and O–H groups in total. The molecule has 1 saturated heterocycles. The van der Waals surface area contributed by atoms with Gasteiger partial charge in [-0.2, -0.15) is 0 Å². The molecule has 1 fully saturated rings. The Morgan fingerprint density at radius 3 is 2.46 bits per heavy atom. The van der Waals surface area contributed by atoms with E-state index in [1.807, 2.05) is 54.6 Å². The third kappa shape index (κ3) is 3.31. The largest absolute Gasteiger partial charge is 0.399 e. The lowest BCUT2D eigenvalue weighted by atomic mass is 10.0. The number of hydrogen-bond acceptors (Lipinski definition) is 4. The highest BCUT2D eigenvalue weighted by Gasteiger charge is 2.33. The molecular formula is C19H20N2O3. The normalized spacial score (nSPS) is 18.8. The molecule has 1 aliphatic rings. The summed E-state index contributed by atoms with van der Waals surface area (Å²) in [5.41, 5.74) is 3.55. The smallest absolute Gasteiger partial charge is 0.254 e. The van der Waals surface area contributed by atoms with E-state index < -0.39 is 0 Å². The van der Waals surface area contributed by atoms with Crippen LogP contribution in [0.2, 0.25) is 0 Å². The van der Waals surface area contributed by atoms with E-state index in [9.17, 15) is 9.90 Å². The second-order valence-electron chi connectivity index (χ2n) is 5.76. The topological polar surface area (TPSA) is 62.1 Å². The van der Waals surface area contributed by atoms with Crippen LogP contribution in [0.25, 0.3) is 11.1 Å². The van der Waals surface area contributed by atoms with Gasteiger partial charge in [-0.05, 0) is 23.3 Å². The highest BCUT2D eigenvalue weighted by Crippen LogP contribution is 2.22.